The Kier molecular flexibility index (Phi) is 9.64. The molecule has 7 nitrogen and oxygen atoms in total. The molecule has 194 valence electrons. The second-order valence-corrected chi connectivity index (χ2v) is 10.9. The molecule has 3 aromatic rings. The summed E-state index contributed by atoms with van der Waals surface area (Å²) < 4.78 is 7.48. The Labute approximate surface area is 218 Å². The molecule has 8 heteroatoms. The van der Waals surface area contributed by atoms with Crippen LogP contribution in [-0.2, 0) is 18.3 Å². The van der Waals surface area contributed by atoms with Gasteiger partial charge in [0.1, 0.15) is 5.75 Å². The Balaban J connectivity index is 1.29. The van der Waals surface area contributed by atoms with Gasteiger partial charge < -0.3 is 19.3 Å². The van der Waals surface area contributed by atoms with Crippen molar-refractivity contribution in [1.29, 1.82) is 0 Å². The fourth-order valence-corrected chi connectivity index (χ4v) is 6.27. The third kappa shape index (κ3) is 7.23. The van der Waals surface area contributed by atoms with Gasteiger partial charge in [0.05, 0.1) is 30.2 Å². The number of hydrogen-bond acceptors (Lipinski definition) is 6. The molecule has 1 fully saturated rings. The molecular weight excluding hydrogens is 472 g/mol. The van der Waals surface area contributed by atoms with E-state index in [1.165, 1.54) is 10.6 Å². The van der Waals surface area contributed by atoms with Crippen molar-refractivity contribution >= 4 is 28.6 Å². The molecule has 2 unspecified atom stereocenters. The fraction of sp³-hybridized carbons (Fsp3) is 0.536. The molecule has 2 atom stereocenters. The highest BCUT2D eigenvalue weighted by atomic mass is 32.2. The first kappa shape index (κ1) is 26.5. The van der Waals surface area contributed by atoms with E-state index in [2.05, 4.69) is 31.6 Å². The van der Waals surface area contributed by atoms with Gasteiger partial charge in [-0.3, -0.25) is 9.78 Å². The van der Waals surface area contributed by atoms with Crippen molar-refractivity contribution in [3.8, 4) is 5.75 Å². The number of rotatable bonds is 13. The van der Waals surface area contributed by atoms with Crippen LogP contribution in [0.1, 0.15) is 44.1 Å². The monoisotopic (exact) mass is 510 g/mol. The fourth-order valence-electron chi connectivity index (χ4n) is 5.41. The van der Waals surface area contributed by atoms with Crippen LogP contribution in [0.2, 0.25) is 0 Å². The van der Waals surface area contributed by atoms with Gasteiger partial charge in [0.2, 0.25) is 0 Å². The number of carboxylic acid groups (broad SMARTS) is 1. The van der Waals surface area contributed by atoms with Gasteiger partial charge >= 0.3 is 5.97 Å². The van der Waals surface area contributed by atoms with Crippen molar-refractivity contribution in [3.05, 3.63) is 48.5 Å². The summed E-state index contributed by atoms with van der Waals surface area (Å²) in [5.41, 5.74) is 2.31. The summed E-state index contributed by atoms with van der Waals surface area (Å²) in [7, 11) is 3.72. The maximum Gasteiger partial charge on any atom is 0.303 e. The number of fused-ring (bicyclic) bond motifs is 1. The minimum Gasteiger partial charge on any atom is -0.497 e. The number of aliphatic carboxylic acids is 1. The SMILES string of the molecule is COc1ccc2nccc(CCCC3CCN(CCCSc4cncn4C)CC3CCC(=O)O)c2c1. The topological polar surface area (TPSA) is 80.5 Å². The Morgan fingerprint density at radius 2 is 2.11 bits per heavy atom. The first-order valence-corrected chi connectivity index (χ1v) is 14.0. The zero-order valence-electron chi connectivity index (χ0n) is 21.4. The Hall–Kier alpha value is -2.58. The molecule has 0 radical (unpaired) electrons. The molecule has 36 heavy (non-hydrogen) atoms. The summed E-state index contributed by atoms with van der Waals surface area (Å²) in [5.74, 6) is 2.29. The van der Waals surface area contributed by atoms with Crippen molar-refractivity contribution < 1.29 is 14.6 Å². The van der Waals surface area contributed by atoms with E-state index in [0.717, 1.165) is 80.6 Å². The number of ether oxygens (including phenoxy) is 1. The number of aromatic nitrogens is 3. The predicted molar refractivity (Wildman–Crippen MR) is 145 cm³/mol. The summed E-state index contributed by atoms with van der Waals surface area (Å²) in [4.78, 5) is 22.6. The second kappa shape index (κ2) is 13.1. The lowest BCUT2D eigenvalue weighted by atomic mass is 9.79. The molecule has 1 aliphatic rings. The smallest absolute Gasteiger partial charge is 0.303 e. The highest BCUT2D eigenvalue weighted by molar-refractivity contribution is 7.99. The quantitative estimate of drug-likeness (QED) is 0.247. The number of thioether (sulfide) groups is 1. The molecule has 0 amide bonds. The van der Waals surface area contributed by atoms with Crippen molar-refractivity contribution in [1.82, 2.24) is 19.4 Å². The number of nitrogens with zero attached hydrogens (tertiary/aromatic N) is 4. The van der Waals surface area contributed by atoms with Crippen molar-refractivity contribution in [3.63, 3.8) is 0 Å². The van der Waals surface area contributed by atoms with E-state index in [0.29, 0.717) is 11.8 Å². The van der Waals surface area contributed by atoms with Gasteiger partial charge in [0, 0.05) is 37.3 Å². The molecule has 0 aliphatic carbocycles. The first-order valence-electron chi connectivity index (χ1n) is 13.0. The standard InChI is InChI=1S/C28H38N4O3S/c1-31-20-29-18-27(31)36-16-4-14-32-15-12-21(23(19-32)7-10-28(33)34)5-3-6-22-11-13-30-26-9-8-24(35-2)17-25(22)26/h8-9,11,13,17-18,20-21,23H,3-7,10,12,14-16,19H2,1-2H3,(H,33,34). The third-order valence-electron chi connectivity index (χ3n) is 7.41. The van der Waals surface area contributed by atoms with Crippen LogP contribution in [-0.4, -0.2) is 63.0 Å². The first-order chi connectivity index (χ1) is 17.5. The number of carbonyl (C=O) groups is 1. The lowest BCUT2D eigenvalue weighted by molar-refractivity contribution is -0.137. The van der Waals surface area contributed by atoms with Gasteiger partial charge in [0.15, 0.2) is 0 Å². The summed E-state index contributed by atoms with van der Waals surface area (Å²) in [6, 6.07) is 8.18. The maximum atomic E-state index is 11.3. The number of likely N-dealkylation sites (tertiary alicyclic amines) is 1. The molecule has 4 rings (SSSR count). The minimum atomic E-state index is -0.685. The number of carboxylic acids is 1. The average molecular weight is 511 g/mol. The van der Waals surface area contributed by atoms with Crippen LogP contribution in [0.4, 0.5) is 0 Å². The second-order valence-electron chi connectivity index (χ2n) is 9.83. The Morgan fingerprint density at radius 3 is 2.89 bits per heavy atom. The van der Waals surface area contributed by atoms with Crippen LogP contribution in [0.15, 0.2) is 48.0 Å². The number of imidazole rings is 1. The molecule has 3 heterocycles. The Bertz CT molecular complexity index is 1130. The van der Waals surface area contributed by atoms with Crippen LogP contribution in [0.5, 0.6) is 5.75 Å². The molecule has 1 aromatic carbocycles. The maximum absolute atomic E-state index is 11.3. The van der Waals surface area contributed by atoms with Crippen LogP contribution in [0.3, 0.4) is 0 Å². The zero-order chi connectivity index (χ0) is 25.3. The predicted octanol–water partition coefficient (Wildman–Crippen LogP) is 5.28. The van der Waals surface area contributed by atoms with Crippen LogP contribution >= 0.6 is 11.8 Å². The molecule has 0 saturated carbocycles. The van der Waals surface area contributed by atoms with Gasteiger partial charge in [-0.1, -0.05) is 0 Å². The van der Waals surface area contributed by atoms with E-state index in [1.807, 2.05) is 49.7 Å². The normalized spacial score (nSPS) is 18.5. The number of methoxy groups -OCH3 is 1. The van der Waals surface area contributed by atoms with Crippen LogP contribution in [0.25, 0.3) is 10.9 Å². The third-order valence-corrected chi connectivity index (χ3v) is 8.59. The van der Waals surface area contributed by atoms with Gasteiger partial charge in [-0.05, 0) is 93.3 Å². The highest BCUT2D eigenvalue weighted by Crippen LogP contribution is 2.32. The number of hydrogen-bond donors (Lipinski definition) is 1. The van der Waals surface area contributed by atoms with Crippen molar-refractivity contribution in [2.75, 3.05) is 32.5 Å². The van der Waals surface area contributed by atoms with Crippen LogP contribution in [0, 0.1) is 11.8 Å². The minimum absolute atomic E-state index is 0.264. The van der Waals surface area contributed by atoms with Gasteiger partial charge in [-0.25, -0.2) is 4.98 Å². The molecule has 2 aromatic heterocycles. The number of aryl methyl sites for hydroxylation is 2. The molecular formula is C28H38N4O3S. The average Bonchev–Trinajstić information content (AvgIpc) is 3.30. The lowest BCUT2D eigenvalue weighted by Gasteiger charge is -2.39. The van der Waals surface area contributed by atoms with Gasteiger partial charge in [-0.15, -0.1) is 11.8 Å². The van der Waals surface area contributed by atoms with E-state index >= 15 is 0 Å². The van der Waals surface area contributed by atoms with E-state index in [1.54, 1.807) is 7.11 Å². The number of piperidine rings is 1. The zero-order valence-corrected chi connectivity index (χ0v) is 22.3. The van der Waals surface area contributed by atoms with Crippen LogP contribution < -0.4 is 4.74 Å². The number of benzene rings is 1. The summed E-state index contributed by atoms with van der Waals surface area (Å²) in [6.45, 7) is 3.20. The van der Waals surface area contributed by atoms with E-state index < -0.39 is 5.97 Å². The molecule has 0 bridgehead atoms. The highest BCUT2D eigenvalue weighted by Gasteiger charge is 2.29. The van der Waals surface area contributed by atoms with Crippen molar-refractivity contribution in [2.24, 2.45) is 18.9 Å². The lowest BCUT2D eigenvalue weighted by Crippen LogP contribution is -2.41. The summed E-state index contributed by atoms with van der Waals surface area (Å²) in [5, 5.41) is 11.7. The molecule has 1 N–H and O–H groups in total. The van der Waals surface area contributed by atoms with E-state index in [9.17, 15) is 9.90 Å². The largest absolute Gasteiger partial charge is 0.497 e. The van der Waals surface area contributed by atoms with Crippen molar-refractivity contribution in [2.45, 2.75) is 50.0 Å². The number of pyridine rings is 1. The summed E-state index contributed by atoms with van der Waals surface area (Å²) >= 11 is 1.85. The molecule has 1 aliphatic heterocycles. The summed E-state index contributed by atoms with van der Waals surface area (Å²) in [6.07, 6.45) is 12.2. The van der Waals surface area contributed by atoms with E-state index in [4.69, 9.17) is 4.74 Å². The van der Waals surface area contributed by atoms with Gasteiger partial charge in [-0.2, -0.15) is 0 Å². The van der Waals surface area contributed by atoms with Gasteiger partial charge in [0.25, 0.3) is 0 Å². The molecule has 1 saturated heterocycles. The molecule has 0 spiro atoms. The Morgan fingerprint density at radius 1 is 1.22 bits per heavy atom. The van der Waals surface area contributed by atoms with E-state index in [-0.39, 0.29) is 6.42 Å².